The van der Waals surface area contributed by atoms with Gasteiger partial charge in [0.15, 0.2) is 0 Å². The first-order valence-corrected chi connectivity index (χ1v) is 18.8. The minimum atomic E-state index is -0.455. The molecule has 0 saturated carbocycles. The van der Waals surface area contributed by atoms with E-state index in [9.17, 15) is 0 Å². The normalized spacial score (nSPS) is 17.1. The summed E-state index contributed by atoms with van der Waals surface area (Å²) in [6.07, 6.45) is 8.17. The van der Waals surface area contributed by atoms with Crippen molar-refractivity contribution in [2.75, 3.05) is 0 Å². The summed E-state index contributed by atoms with van der Waals surface area (Å²) in [5, 5.41) is 3.03. The molecule has 2 aliphatic carbocycles. The Labute approximate surface area is 258 Å². The number of halogens is 2. The monoisotopic (exact) mass is 636 g/mol. The predicted molar refractivity (Wildman–Crippen MR) is 154 cm³/mol. The predicted octanol–water partition coefficient (Wildman–Crippen LogP) is 1.65. The molecule has 4 aromatic rings. The summed E-state index contributed by atoms with van der Waals surface area (Å²) in [4.78, 5) is 0. The van der Waals surface area contributed by atoms with Gasteiger partial charge in [0.25, 0.3) is 0 Å². The Morgan fingerprint density at radius 2 is 1.03 bits per heavy atom. The summed E-state index contributed by atoms with van der Waals surface area (Å²) in [6, 6.07) is 31.1. The molecule has 2 unspecified atom stereocenters. The van der Waals surface area contributed by atoms with Crippen molar-refractivity contribution in [2.24, 2.45) is 0 Å². The van der Waals surface area contributed by atoms with Crippen molar-refractivity contribution >= 4 is 15.8 Å². The van der Waals surface area contributed by atoms with Gasteiger partial charge in [0.2, 0.25) is 0 Å². The van der Waals surface area contributed by atoms with Crippen LogP contribution < -0.4 is 35.2 Å². The van der Waals surface area contributed by atoms with Crippen LogP contribution in [-0.4, -0.2) is 5.43 Å². The summed E-state index contributed by atoms with van der Waals surface area (Å²) >= 11 is 1.64. The standard InChI is InChI=1S/C12H10Si.2C11H15.2ClH.Zr/c1-3-7-11(8-4-1)13-12-9-5-2-6-10-12;2*1-8-6-10-5-3-4-9(2)11(10)7-8;;;/h1-10H;2*6-7,9H,3-5H2,1-2H3;2*1H;/q;2*-1;;;+2/p-2. The summed E-state index contributed by atoms with van der Waals surface area (Å²) in [5.41, 5.74) is 8.90. The fourth-order valence-electron chi connectivity index (χ4n) is 5.71. The van der Waals surface area contributed by atoms with Gasteiger partial charge in [-0.2, -0.15) is 45.5 Å². The van der Waals surface area contributed by atoms with Crippen LogP contribution in [0.1, 0.15) is 84.7 Å². The van der Waals surface area contributed by atoms with Crippen LogP contribution in [0.4, 0.5) is 0 Å². The van der Waals surface area contributed by atoms with Crippen LogP contribution in [0.3, 0.4) is 0 Å². The molecule has 0 aromatic heterocycles. The first-order valence-electron chi connectivity index (χ1n) is 13.6. The minimum absolute atomic E-state index is 0. The molecule has 0 amide bonds. The fraction of sp³-hybridized carbons (Fsp3) is 0.353. The Morgan fingerprint density at radius 3 is 1.37 bits per heavy atom. The van der Waals surface area contributed by atoms with E-state index in [1.165, 1.54) is 60.0 Å². The van der Waals surface area contributed by atoms with Gasteiger partial charge in [-0.1, -0.05) is 78.1 Å². The van der Waals surface area contributed by atoms with E-state index < -0.39 is 5.43 Å². The van der Waals surface area contributed by atoms with Crippen LogP contribution in [0.15, 0.2) is 84.9 Å². The molecule has 4 heteroatoms. The van der Waals surface area contributed by atoms with Crippen molar-refractivity contribution in [1.82, 2.24) is 0 Å². The van der Waals surface area contributed by atoms with E-state index in [-0.39, 0.29) is 24.8 Å². The second-order valence-corrected chi connectivity index (χ2v) is 16.3. The molecular formula is C34H40Cl2SiZr-2. The zero-order valence-electron chi connectivity index (χ0n) is 23.2. The average molecular weight is 639 g/mol. The molecule has 0 aliphatic heterocycles. The molecule has 0 heterocycles. The summed E-state index contributed by atoms with van der Waals surface area (Å²) < 4.78 is 0. The Morgan fingerprint density at radius 1 is 0.658 bits per heavy atom. The molecule has 0 saturated heterocycles. The molecule has 0 nitrogen and oxygen atoms in total. The fourth-order valence-corrected chi connectivity index (χ4v) is 9.55. The van der Waals surface area contributed by atoms with E-state index in [4.69, 9.17) is 0 Å². The van der Waals surface area contributed by atoms with Crippen LogP contribution in [0.2, 0.25) is 0 Å². The quantitative estimate of drug-likeness (QED) is 0.232. The summed E-state index contributed by atoms with van der Waals surface area (Å²) in [6.45, 7) is 9.09. The van der Waals surface area contributed by atoms with E-state index in [2.05, 4.69) is 113 Å². The van der Waals surface area contributed by atoms with Crippen molar-refractivity contribution in [3.63, 3.8) is 0 Å². The van der Waals surface area contributed by atoms with Crippen molar-refractivity contribution in [3.05, 3.63) is 118 Å². The molecule has 0 bridgehead atoms. The number of aryl methyl sites for hydroxylation is 4. The third-order valence-electron chi connectivity index (χ3n) is 7.66. The van der Waals surface area contributed by atoms with E-state index in [1.54, 1.807) is 45.6 Å². The van der Waals surface area contributed by atoms with Crippen LogP contribution in [0.5, 0.6) is 0 Å². The Balaban J connectivity index is 0.000000197. The van der Waals surface area contributed by atoms with Crippen molar-refractivity contribution in [2.45, 2.75) is 78.1 Å². The molecule has 4 aromatic carbocycles. The second kappa shape index (κ2) is 16.2. The molecule has 0 radical (unpaired) electrons. The van der Waals surface area contributed by atoms with Crippen LogP contribution in [0, 0.1) is 13.8 Å². The number of hydrogen-bond acceptors (Lipinski definition) is 0. The summed E-state index contributed by atoms with van der Waals surface area (Å²) in [5.74, 6) is 1.62. The second-order valence-electron chi connectivity index (χ2n) is 10.7. The van der Waals surface area contributed by atoms with Gasteiger partial charge < -0.3 is 24.8 Å². The molecule has 2 aliphatic rings. The molecule has 0 N–H and O–H groups in total. The van der Waals surface area contributed by atoms with Crippen LogP contribution >= 0.6 is 0 Å². The van der Waals surface area contributed by atoms with Gasteiger partial charge in [0.1, 0.15) is 0 Å². The first kappa shape index (κ1) is 33.0. The van der Waals surface area contributed by atoms with E-state index >= 15 is 0 Å². The van der Waals surface area contributed by atoms with Gasteiger partial charge >= 0.3 is 99.8 Å². The zero-order valence-corrected chi connectivity index (χ0v) is 28.2. The molecule has 38 heavy (non-hydrogen) atoms. The molecule has 0 fully saturated rings. The summed E-state index contributed by atoms with van der Waals surface area (Å²) in [7, 11) is 0. The average Bonchev–Trinajstić information content (AvgIpc) is 3.48. The first-order chi connectivity index (χ1) is 17.4. The van der Waals surface area contributed by atoms with Gasteiger partial charge in [-0.3, -0.25) is 0 Å². The third-order valence-corrected chi connectivity index (χ3v) is 13.7. The van der Waals surface area contributed by atoms with E-state index in [0.29, 0.717) is 0 Å². The molecule has 2 atom stereocenters. The Hall–Kier alpha value is -1.18. The molecule has 0 spiro atoms. The zero-order chi connectivity index (χ0) is 25.5. The molecule has 6 rings (SSSR count). The van der Waals surface area contributed by atoms with Crippen molar-refractivity contribution in [3.8, 4) is 0 Å². The van der Waals surface area contributed by atoms with Gasteiger partial charge in [-0.25, -0.2) is 12.1 Å². The van der Waals surface area contributed by atoms with Gasteiger partial charge in [-0.05, 0) is 0 Å². The topological polar surface area (TPSA) is 0 Å². The van der Waals surface area contributed by atoms with Crippen molar-refractivity contribution < 1.29 is 48.1 Å². The number of benzene rings is 2. The number of rotatable bonds is 2. The van der Waals surface area contributed by atoms with Gasteiger partial charge in [-0.15, -0.1) is 0 Å². The number of hydrogen-bond donors (Lipinski definition) is 0. The van der Waals surface area contributed by atoms with Crippen LogP contribution in [0.25, 0.3) is 0 Å². The molecule has 200 valence electrons. The van der Waals surface area contributed by atoms with Gasteiger partial charge in [0.05, 0.1) is 0 Å². The maximum atomic E-state index is 2.36. The van der Waals surface area contributed by atoms with E-state index in [1.807, 2.05) is 0 Å². The van der Waals surface area contributed by atoms with Crippen molar-refractivity contribution in [1.29, 1.82) is 0 Å². The number of fused-ring (bicyclic) bond motifs is 2. The van der Waals surface area contributed by atoms with Gasteiger partial charge in [0, 0.05) is 0 Å². The molecular weight excluding hydrogens is 599 g/mol. The Kier molecular flexibility index (Phi) is 14.1. The van der Waals surface area contributed by atoms with E-state index in [0.717, 1.165) is 11.8 Å². The Bertz CT molecular complexity index is 1160. The third kappa shape index (κ3) is 8.92. The van der Waals surface area contributed by atoms with Crippen LogP contribution in [-0.2, 0) is 36.2 Å². The maximum absolute atomic E-state index is 2.36. The SMILES string of the molecule is Cc1cc2c([cH-]1)CCCC2C.Cc1cc2c([cH-]1)CCCC2C.[Cl-].[Cl-].[Zr+2]=[Si](c1ccccc1)c1ccccc1.